The molecule has 3 aromatic carbocycles. The molecular weight excluding hydrogens is 496 g/mol. The number of hydrogen-bond donors (Lipinski definition) is 0. The molecule has 0 N–H and O–H groups in total. The Labute approximate surface area is 216 Å². The first-order valence-corrected chi connectivity index (χ1v) is 12.6. The topological polar surface area (TPSA) is 69.9 Å². The number of carbonyl (C=O) groups is 1. The van der Waals surface area contributed by atoms with Crippen molar-refractivity contribution in [3.8, 4) is 5.75 Å². The van der Waals surface area contributed by atoms with Crippen molar-refractivity contribution < 1.29 is 14.3 Å². The molecule has 2 heterocycles. The number of fused-ring (bicyclic) bond motifs is 2. The van der Waals surface area contributed by atoms with Gasteiger partial charge in [0.25, 0.3) is 5.56 Å². The molecule has 0 aliphatic carbocycles. The first kappa shape index (κ1) is 24.0. The van der Waals surface area contributed by atoms with E-state index in [1.165, 1.54) is 11.3 Å². The lowest BCUT2D eigenvalue weighted by Gasteiger charge is -2.25. The number of aromatic nitrogens is 1. The van der Waals surface area contributed by atoms with Gasteiger partial charge in [-0.15, -0.1) is 0 Å². The number of thiazole rings is 1. The second-order valence-corrected chi connectivity index (χ2v) is 9.64. The summed E-state index contributed by atoms with van der Waals surface area (Å²) in [5, 5.41) is 2.37. The van der Waals surface area contributed by atoms with Crippen LogP contribution in [0.15, 0.2) is 81.7 Å². The Balaban J connectivity index is 1.77. The summed E-state index contributed by atoms with van der Waals surface area (Å²) >= 11 is 7.84. The summed E-state index contributed by atoms with van der Waals surface area (Å²) in [6, 6.07) is 18.2. The predicted molar refractivity (Wildman–Crippen MR) is 142 cm³/mol. The van der Waals surface area contributed by atoms with Crippen LogP contribution in [0, 0.1) is 0 Å². The van der Waals surface area contributed by atoms with Gasteiger partial charge in [-0.05, 0) is 48.6 Å². The standard InChI is InChI=1S/C28H23ClN2O4S/c1-4-35-27(33)24-16(2)30-28-31(25(24)20-11-7-8-12-21(20)29)26(32)23(36-28)15-17-13-14-22(34-3)19-10-6-5-9-18(17)19/h5-15,25H,4H2,1-3H3/t25-/m0/s1. The molecule has 5 rings (SSSR count). The van der Waals surface area contributed by atoms with E-state index in [0.29, 0.717) is 31.2 Å². The first-order chi connectivity index (χ1) is 17.4. The molecule has 182 valence electrons. The summed E-state index contributed by atoms with van der Waals surface area (Å²) < 4.78 is 12.9. The number of carbonyl (C=O) groups excluding carboxylic acids is 1. The van der Waals surface area contributed by atoms with E-state index in [4.69, 9.17) is 21.1 Å². The van der Waals surface area contributed by atoms with Crippen LogP contribution in [-0.4, -0.2) is 24.3 Å². The third-order valence-corrected chi connectivity index (χ3v) is 7.47. The van der Waals surface area contributed by atoms with Gasteiger partial charge in [0.1, 0.15) is 11.8 Å². The molecule has 0 saturated heterocycles. The van der Waals surface area contributed by atoms with Gasteiger partial charge in [0.15, 0.2) is 4.80 Å². The fourth-order valence-electron chi connectivity index (χ4n) is 4.52. The first-order valence-electron chi connectivity index (χ1n) is 11.4. The Morgan fingerprint density at radius 1 is 1.11 bits per heavy atom. The molecule has 8 heteroatoms. The molecule has 1 aromatic heterocycles. The average Bonchev–Trinajstić information content (AvgIpc) is 3.18. The van der Waals surface area contributed by atoms with E-state index in [9.17, 15) is 9.59 Å². The smallest absolute Gasteiger partial charge is 0.338 e. The van der Waals surface area contributed by atoms with Gasteiger partial charge in [-0.1, -0.05) is 71.5 Å². The number of ether oxygens (including phenoxy) is 2. The average molecular weight is 519 g/mol. The normalized spacial score (nSPS) is 15.6. The zero-order chi connectivity index (χ0) is 25.4. The van der Waals surface area contributed by atoms with Crippen molar-refractivity contribution in [3.63, 3.8) is 0 Å². The summed E-state index contributed by atoms with van der Waals surface area (Å²) in [5.41, 5.74) is 2.07. The van der Waals surface area contributed by atoms with Crippen LogP contribution >= 0.6 is 22.9 Å². The molecule has 36 heavy (non-hydrogen) atoms. The van der Waals surface area contributed by atoms with Crippen molar-refractivity contribution in [2.24, 2.45) is 4.99 Å². The van der Waals surface area contributed by atoms with Gasteiger partial charge in [0, 0.05) is 10.4 Å². The summed E-state index contributed by atoms with van der Waals surface area (Å²) in [7, 11) is 1.64. The van der Waals surface area contributed by atoms with Gasteiger partial charge in [-0.3, -0.25) is 9.36 Å². The highest BCUT2D eigenvalue weighted by Crippen LogP contribution is 2.34. The Morgan fingerprint density at radius 3 is 2.56 bits per heavy atom. The van der Waals surface area contributed by atoms with E-state index in [2.05, 4.69) is 4.99 Å². The number of hydrogen-bond acceptors (Lipinski definition) is 6. The summed E-state index contributed by atoms with van der Waals surface area (Å²) in [5.74, 6) is 0.247. The van der Waals surface area contributed by atoms with Gasteiger partial charge in [0.05, 0.1) is 29.5 Å². The second-order valence-electron chi connectivity index (χ2n) is 8.23. The molecule has 0 amide bonds. The molecule has 6 nitrogen and oxygen atoms in total. The maximum atomic E-state index is 13.8. The van der Waals surface area contributed by atoms with Gasteiger partial charge < -0.3 is 9.47 Å². The highest BCUT2D eigenvalue weighted by Gasteiger charge is 2.34. The summed E-state index contributed by atoms with van der Waals surface area (Å²) in [6.45, 7) is 3.71. The van der Waals surface area contributed by atoms with E-state index >= 15 is 0 Å². The number of allylic oxidation sites excluding steroid dienone is 1. The lowest BCUT2D eigenvalue weighted by atomic mass is 9.96. The van der Waals surface area contributed by atoms with Crippen LogP contribution in [-0.2, 0) is 9.53 Å². The second kappa shape index (κ2) is 9.76. The van der Waals surface area contributed by atoms with E-state index in [0.717, 1.165) is 22.1 Å². The molecular formula is C28H23ClN2O4S. The zero-order valence-corrected chi connectivity index (χ0v) is 21.5. The van der Waals surface area contributed by atoms with Crippen LogP contribution in [0.1, 0.15) is 31.0 Å². The summed E-state index contributed by atoms with van der Waals surface area (Å²) in [4.78, 5) is 32.0. The number of methoxy groups -OCH3 is 1. The van der Waals surface area contributed by atoms with Crippen LogP contribution in [0.25, 0.3) is 16.8 Å². The molecule has 0 bridgehead atoms. The van der Waals surface area contributed by atoms with Crippen LogP contribution < -0.4 is 19.6 Å². The fraction of sp³-hybridized carbons (Fsp3) is 0.179. The molecule has 0 unspecified atom stereocenters. The fourth-order valence-corrected chi connectivity index (χ4v) is 5.80. The van der Waals surface area contributed by atoms with Crippen molar-refractivity contribution >= 4 is 45.8 Å². The van der Waals surface area contributed by atoms with Crippen LogP contribution in [0.2, 0.25) is 5.02 Å². The number of nitrogens with zero attached hydrogens (tertiary/aromatic N) is 2. The lowest BCUT2D eigenvalue weighted by Crippen LogP contribution is -2.40. The summed E-state index contributed by atoms with van der Waals surface area (Å²) in [6.07, 6.45) is 1.86. The molecule has 1 atom stereocenters. The van der Waals surface area contributed by atoms with E-state index < -0.39 is 12.0 Å². The number of rotatable bonds is 5. The highest BCUT2D eigenvalue weighted by atomic mass is 35.5. The largest absolute Gasteiger partial charge is 0.496 e. The molecule has 0 fully saturated rings. The van der Waals surface area contributed by atoms with E-state index in [-0.39, 0.29) is 12.2 Å². The quantitative estimate of drug-likeness (QED) is 0.362. The maximum absolute atomic E-state index is 13.8. The lowest BCUT2D eigenvalue weighted by molar-refractivity contribution is -0.139. The minimum atomic E-state index is -0.747. The van der Waals surface area contributed by atoms with Gasteiger partial charge in [0.2, 0.25) is 0 Å². The van der Waals surface area contributed by atoms with Crippen molar-refractivity contribution in [3.05, 3.63) is 108 Å². The molecule has 0 spiro atoms. The molecule has 1 aliphatic heterocycles. The van der Waals surface area contributed by atoms with Crippen LogP contribution in [0.4, 0.5) is 0 Å². The third-order valence-electron chi connectivity index (χ3n) is 6.14. The Bertz CT molecular complexity index is 1720. The monoisotopic (exact) mass is 518 g/mol. The minimum absolute atomic E-state index is 0.208. The number of halogens is 1. The SMILES string of the molecule is CCOC(=O)C1=C(C)N=c2sc(=Cc3ccc(OC)c4ccccc34)c(=O)n2[C@H]1c1ccccc1Cl. The van der Waals surface area contributed by atoms with Gasteiger partial charge >= 0.3 is 5.97 Å². The predicted octanol–water partition coefficient (Wildman–Crippen LogP) is 4.61. The van der Waals surface area contributed by atoms with Crippen molar-refractivity contribution in [1.29, 1.82) is 0 Å². The van der Waals surface area contributed by atoms with Crippen molar-refractivity contribution in [1.82, 2.24) is 4.57 Å². The zero-order valence-electron chi connectivity index (χ0n) is 19.9. The van der Waals surface area contributed by atoms with E-state index in [1.807, 2.05) is 60.7 Å². The third kappa shape index (κ3) is 4.04. The molecule has 4 aromatic rings. The van der Waals surface area contributed by atoms with Crippen LogP contribution in [0.3, 0.4) is 0 Å². The van der Waals surface area contributed by atoms with Gasteiger partial charge in [-0.25, -0.2) is 9.79 Å². The Hall–Kier alpha value is -3.68. The maximum Gasteiger partial charge on any atom is 0.338 e. The number of esters is 1. The minimum Gasteiger partial charge on any atom is -0.496 e. The molecule has 0 radical (unpaired) electrons. The Kier molecular flexibility index (Phi) is 6.51. The number of benzene rings is 3. The van der Waals surface area contributed by atoms with Crippen LogP contribution in [0.5, 0.6) is 5.75 Å². The van der Waals surface area contributed by atoms with E-state index in [1.54, 1.807) is 31.6 Å². The van der Waals surface area contributed by atoms with Crippen molar-refractivity contribution in [2.75, 3.05) is 13.7 Å². The molecule has 0 saturated carbocycles. The van der Waals surface area contributed by atoms with Crippen molar-refractivity contribution in [2.45, 2.75) is 19.9 Å². The Morgan fingerprint density at radius 2 is 1.83 bits per heavy atom. The van der Waals surface area contributed by atoms with Gasteiger partial charge in [-0.2, -0.15) is 0 Å². The molecule has 1 aliphatic rings. The highest BCUT2D eigenvalue weighted by molar-refractivity contribution is 7.07.